The summed E-state index contributed by atoms with van der Waals surface area (Å²) in [5.41, 5.74) is 0.567. The third-order valence-corrected chi connectivity index (χ3v) is 4.79. The molecule has 1 aliphatic rings. The van der Waals surface area contributed by atoms with Gasteiger partial charge in [-0.05, 0) is 62.4 Å². The molecule has 0 bridgehead atoms. The normalized spacial score (nSPS) is 19.2. The molecule has 0 aliphatic carbocycles. The van der Waals surface area contributed by atoms with Gasteiger partial charge in [0.2, 0.25) is 0 Å². The fourth-order valence-corrected chi connectivity index (χ4v) is 2.95. The molecule has 0 radical (unpaired) electrons. The van der Waals surface area contributed by atoms with Crippen molar-refractivity contribution in [2.45, 2.75) is 26.9 Å². The Kier molecular flexibility index (Phi) is 6.05. The number of ketones is 1. The molecule has 2 aromatic carbocycles. The van der Waals surface area contributed by atoms with Gasteiger partial charge in [0.15, 0.2) is 5.78 Å². The van der Waals surface area contributed by atoms with Crippen molar-refractivity contribution in [2.75, 3.05) is 6.61 Å². The minimum atomic E-state index is -0.664. The number of Topliss-reactive ketones (excluding diaryl/α,β-unsaturated/α-hetero) is 1. The van der Waals surface area contributed by atoms with Crippen LogP contribution in [0.15, 0.2) is 54.1 Å². The summed E-state index contributed by atoms with van der Waals surface area (Å²) in [5.74, 6) is 0.141. The van der Waals surface area contributed by atoms with E-state index in [1.54, 1.807) is 62.4 Å². The Morgan fingerprint density at radius 2 is 1.61 bits per heavy atom. The first kappa shape index (κ1) is 20.0. The number of carbonyl (C=O) groups is 2. The van der Waals surface area contributed by atoms with Gasteiger partial charge in [-0.3, -0.25) is 4.79 Å². The summed E-state index contributed by atoms with van der Waals surface area (Å²) >= 11 is 5.88. The van der Waals surface area contributed by atoms with Crippen molar-refractivity contribution in [2.24, 2.45) is 5.92 Å². The third-order valence-electron chi connectivity index (χ3n) is 4.54. The standard InChI is InChI=1S/C22H21ClO5/c1-4-26-22(25)19-20(24)13(2)14(3)27-21(19)15-5-9-17(10-6-15)28-18-11-7-16(23)8-12-18/h5-14H,4H2,1-3H3/t13-,14-/m1/s1. The Hall–Kier alpha value is -2.79. The molecule has 3 rings (SSSR count). The quantitative estimate of drug-likeness (QED) is 0.520. The average molecular weight is 401 g/mol. The first-order chi connectivity index (χ1) is 13.4. The molecule has 2 atom stereocenters. The molecule has 0 spiro atoms. The van der Waals surface area contributed by atoms with Gasteiger partial charge in [-0.15, -0.1) is 0 Å². The number of hydrogen-bond acceptors (Lipinski definition) is 5. The van der Waals surface area contributed by atoms with Crippen LogP contribution in [0.4, 0.5) is 0 Å². The van der Waals surface area contributed by atoms with E-state index in [2.05, 4.69) is 0 Å². The van der Waals surface area contributed by atoms with Gasteiger partial charge in [-0.1, -0.05) is 18.5 Å². The lowest BCUT2D eigenvalue weighted by Gasteiger charge is -2.29. The summed E-state index contributed by atoms with van der Waals surface area (Å²) in [5, 5.41) is 0.628. The van der Waals surface area contributed by atoms with E-state index in [1.165, 1.54) is 0 Å². The molecule has 28 heavy (non-hydrogen) atoms. The summed E-state index contributed by atoms with van der Waals surface area (Å²) in [7, 11) is 0. The van der Waals surface area contributed by atoms with E-state index in [0.717, 1.165) is 0 Å². The van der Waals surface area contributed by atoms with E-state index in [9.17, 15) is 9.59 Å². The summed E-state index contributed by atoms with van der Waals surface area (Å²) in [6, 6.07) is 14.0. The maximum atomic E-state index is 12.7. The van der Waals surface area contributed by atoms with E-state index in [1.807, 2.05) is 6.92 Å². The second kappa shape index (κ2) is 8.48. The molecular formula is C22H21ClO5. The predicted octanol–water partition coefficient (Wildman–Crippen LogP) is 5.03. The maximum Gasteiger partial charge on any atom is 0.345 e. The van der Waals surface area contributed by atoms with Crippen molar-refractivity contribution in [3.8, 4) is 11.5 Å². The Morgan fingerprint density at radius 1 is 1.04 bits per heavy atom. The van der Waals surface area contributed by atoms with Crippen LogP contribution in [0, 0.1) is 5.92 Å². The summed E-state index contributed by atoms with van der Waals surface area (Å²) < 4.78 is 16.7. The smallest absolute Gasteiger partial charge is 0.345 e. The van der Waals surface area contributed by atoms with Crippen molar-refractivity contribution in [1.29, 1.82) is 0 Å². The topological polar surface area (TPSA) is 61.8 Å². The van der Waals surface area contributed by atoms with Gasteiger partial charge in [0.25, 0.3) is 0 Å². The zero-order valence-corrected chi connectivity index (χ0v) is 16.7. The maximum absolute atomic E-state index is 12.7. The predicted molar refractivity (Wildman–Crippen MR) is 106 cm³/mol. The number of halogens is 1. The molecule has 0 fully saturated rings. The first-order valence-corrected chi connectivity index (χ1v) is 9.44. The summed E-state index contributed by atoms with van der Waals surface area (Å²) in [6.07, 6.45) is -0.342. The number of carbonyl (C=O) groups excluding carboxylic acids is 2. The molecule has 6 heteroatoms. The van der Waals surface area contributed by atoms with Crippen molar-refractivity contribution < 1.29 is 23.8 Å². The lowest BCUT2D eigenvalue weighted by molar-refractivity contribution is -0.141. The first-order valence-electron chi connectivity index (χ1n) is 9.06. The largest absolute Gasteiger partial charge is 0.488 e. The Bertz CT molecular complexity index is 900. The molecule has 0 amide bonds. The fraction of sp³-hybridized carbons (Fsp3) is 0.273. The van der Waals surface area contributed by atoms with Gasteiger partial charge >= 0.3 is 5.97 Å². The second-order valence-corrected chi connectivity index (χ2v) is 6.92. The second-order valence-electron chi connectivity index (χ2n) is 6.48. The van der Waals surface area contributed by atoms with Crippen molar-refractivity contribution in [3.63, 3.8) is 0 Å². The molecule has 146 valence electrons. The van der Waals surface area contributed by atoms with E-state index >= 15 is 0 Å². The van der Waals surface area contributed by atoms with Crippen molar-refractivity contribution in [1.82, 2.24) is 0 Å². The highest BCUT2D eigenvalue weighted by atomic mass is 35.5. The van der Waals surface area contributed by atoms with E-state index in [4.69, 9.17) is 25.8 Å². The molecule has 1 heterocycles. The molecule has 0 N–H and O–H groups in total. The molecule has 0 unspecified atom stereocenters. The molecule has 2 aromatic rings. The van der Waals surface area contributed by atoms with Crippen LogP contribution in [0.2, 0.25) is 5.02 Å². The lowest BCUT2D eigenvalue weighted by atomic mass is 9.89. The molecule has 0 saturated heterocycles. The number of ether oxygens (including phenoxy) is 3. The average Bonchev–Trinajstić information content (AvgIpc) is 2.68. The molecular weight excluding hydrogens is 380 g/mol. The number of rotatable bonds is 5. The van der Waals surface area contributed by atoms with Gasteiger partial charge in [-0.2, -0.15) is 0 Å². The molecule has 5 nitrogen and oxygen atoms in total. The number of hydrogen-bond donors (Lipinski definition) is 0. The third kappa shape index (κ3) is 4.20. The van der Waals surface area contributed by atoms with Crippen LogP contribution in [0.25, 0.3) is 5.76 Å². The van der Waals surface area contributed by atoms with E-state index < -0.39 is 11.9 Å². The van der Waals surface area contributed by atoms with Gasteiger partial charge in [-0.25, -0.2) is 4.79 Å². The zero-order chi connectivity index (χ0) is 20.3. The minimum absolute atomic E-state index is 0.0428. The van der Waals surface area contributed by atoms with Crippen LogP contribution in [0.1, 0.15) is 26.3 Å². The zero-order valence-electron chi connectivity index (χ0n) is 15.9. The lowest BCUT2D eigenvalue weighted by Crippen LogP contribution is -2.35. The van der Waals surface area contributed by atoms with Crippen LogP contribution < -0.4 is 4.74 Å². The molecule has 1 aliphatic heterocycles. The minimum Gasteiger partial charge on any atom is -0.488 e. The Morgan fingerprint density at radius 3 is 2.18 bits per heavy atom. The molecule has 0 saturated carbocycles. The van der Waals surface area contributed by atoms with Gasteiger partial charge < -0.3 is 14.2 Å². The number of esters is 1. The highest BCUT2D eigenvalue weighted by Crippen LogP contribution is 2.34. The van der Waals surface area contributed by atoms with Crippen LogP contribution >= 0.6 is 11.6 Å². The van der Waals surface area contributed by atoms with Crippen LogP contribution in [0.3, 0.4) is 0 Å². The SMILES string of the molecule is CCOC(=O)C1=C(c2ccc(Oc3ccc(Cl)cc3)cc2)O[C@H](C)[C@@H](C)C1=O. The Balaban J connectivity index is 1.91. The van der Waals surface area contributed by atoms with Gasteiger partial charge in [0, 0.05) is 10.6 Å². The van der Waals surface area contributed by atoms with Gasteiger partial charge in [0.1, 0.15) is 28.9 Å². The van der Waals surface area contributed by atoms with Crippen LogP contribution in [-0.4, -0.2) is 24.5 Å². The van der Waals surface area contributed by atoms with Crippen LogP contribution in [-0.2, 0) is 19.1 Å². The highest BCUT2D eigenvalue weighted by Gasteiger charge is 2.38. The van der Waals surface area contributed by atoms with Crippen LogP contribution in [0.5, 0.6) is 11.5 Å². The van der Waals surface area contributed by atoms with E-state index in [-0.39, 0.29) is 29.8 Å². The fourth-order valence-electron chi connectivity index (χ4n) is 2.82. The summed E-state index contributed by atoms with van der Waals surface area (Å²) in [6.45, 7) is 5.43. The van der Waals surface area contributed by atoms with Crippen molar-refractivity contribution >= 4 is 29.1 Å². The van der Waals surface area contributed by atoms with Crippen molar-refractivity contribution in [3.05, 3.63) is 64.7 Å². The van der Waals surface area contributed by atoms with E-state index in [0.29, 0.717) is 22.1 Å². The summed E-state index contributed by atoms with van der Waals surface area (Å²) in [4.78, 5) is 25.1. The number of benzene rings is 2. The molecule has 0 aromatic heterocycles. The van der Waals surface area contributed by atoms with Gasteiger partial charge in [0.05, 0.1) is 12.5 Å². The monoisotopic (exact) mass is 400 g/mol. The Labute approximate surface area is 168 Å². The highest BCUT2D eigenvalue weighted by molar-refractivity contribution is 6.30.